The Kier molecular flexibility index (Phi) is 4.87. The molecule has 0 aliphatic rings. The highest BCUT2D eigenvalue weighted by Crippen LogP contribution is 2.17. The van der Waals surface area contributed by atoms with E-state index in [1.165, 1.54) is 12.1 Å². The Labute approximate surface area is 125 Å². The molecule has 104 valence electrons. The van der Waals surface area contributed by atoms with Crippen LogP contribution in [-0.2, 0) is 11.3 Å². The molecule has 2 aromatic rings. The van der Waals surface area contributed by atoms with Crippen LogP contribution in [0.25, 0.3) is 0 Å². The first-order valence-electron chi connectivity index (χ1n) is 6.09. The Morgan fingerprint density at radius 3 is 2.30 bits per heavy atom. The van der Waals surface area contributed by atoms with Gasteiger partial charge in [0.2, 0.25) is 5.91 Å². The lowest BCUT2D eigenvalue weighted by Gasteiger charge is -2.16. The molecule has 1 atom stereocenters. The molecule has 0 saturated carbocycles. The summed E-state index contributed by atoms with van der Waals surface area (Å²) >= 11 is 3.34. The highest BCUT2D eigenvalue weighted by molar-refractivity contribution is 9.10. The molecule has 2 rings (SSSR count). The van der Waals surface area contributed by atoms with Crippen molar-refractivity contribution in [2.75, 3.05) is 0 Å². The first-order chi connectivity index (χ1) is 9.56. The number of nitrogens with one attached hydrogen (secondary N) is 1. The van der Waals surface area contributed by atoms with E-state index >= 15 is 0 Å². The van der Waals surface area contributed by atoms with Crippen LogP contribution in [0.3, 0.4) is 0 Å². The van der Waals surface area contributed by atoms with Gasteiger partial charge in [0.15, 0.2) is 0 Å². The summed E-state index contributed by atoms with van der Waals surface area (Å²) in [5, 5.41) is 3.08. The van der Waals surface area contributed by atoms with Gasteiger partial charge in [-0.1, -0.05) is 40.2 Å². The molecule has 0 aliphatic heterocycles. The molecule has 1 amide bonds. The van der Waals surface area contributed by atoms with E-state index in [0.29, 0.717) is 6.54 Å². The highest BCUT2D eigenvalue weighted by atomic mass is 79.9. The smallest absolute Gasteiger partial charge is 0.239 e. The van der Waals surface area contributed by atoms with Gasteiger partial charge < -0.3 is 5.73 Å². The summed E-state index contributed by atoms with van der Waals surface area (Å²) < 4.78 is 13.8. The molecule has 0 radical (unpaired) electrons. The lowest BCUT2D eigenvalue weighted by Crippen LogP contribution is -2.33. The highest BCUT2D eigenvalue weighted by Gasteiger charge is 2.16. The van der Waals surface area contributed by atoms with Crippen molar-refractivity contribution in [1.82, 2.24) is 5.32 Å². The fourth-order valence-electron chi connectivity index (χ4n) is 1.86. The van der Waals surface area contributed by atoms with Crippen LogP contribution < -0.4 is 11.1 Å². The molecule has 0 fully saturated rings. The van der Waals surface area contributed by atoms with Crippen LogP contribution in [0.5, 0.6) is 0 Å². The van der Waals surface area contributed by atoms with Crippen molar-refractivity contribution in [3.05, 3.63) is 69.9 Å². The third kappa shape index (κ3) is 3.88. The molecule has 0 heterocycles. The Balaban J connectivity index is 2.08. The maximum absolute atomic E-state index is 12.8. The van der Waals surface area contributed by atoms with E-state index in [1.54, 1.807) is 12.1 Å². The first-order valence-corrected chi connectivity index (χ1v) is 6.88. The summed E-state index contributed by atoms with van der Waals surface area (Å²) in [6.45, 7) is 0.434. The zero-order valence-corrected chi connectivity index (χ0v) is 12.2. The predicted molar refractivity (Wildman–Crippen MR) is 79.3 cm³/mol. The Morgan fingerprint density at radius 2 is 1.75 bits per heavy atom. The molecule has 0 aliphatic carbocycles. The van der Waals surface area contributed by atoms with Crippen molar-refractivity contribution in [3.8, 4) is 0 Å². The van der Waals surface area contributed by atoms with E-state index in [9.17, 15) is 9.18 Å². The van der Waals surface area contributed by atoms with Crippen molar-refractivity contribution in [3.63, 3.8) is 0 Å². The molecule has 20 heavy (non-hydrogen) atoms. The van der Waals surface area contributed by atoms with E-state index < -0.39 is 11.9 Å². The number of carbonyl (C=O) groups excluding carboxylic acids is 1. The van der Waals surface area contributed by atoms with E-state index in [4.69, 9.17) is 5.73 Å². The zero-order chi connectivity index (χ0) is 14.5. The van der Waals surface area contributed by atoms with Crippen molar-refractivity contribution in [1.29, 1.82) is 0 Å². The Bertz CT molecular complexity index is 584. The number of nitrogens with two attached hydrogens (primary N) is 1. The molecule has 0 saturated heterocycles. The van der Waals surface area contributed by atoms with Crippen LogP contribution in [0.1, 0.15) is 17.2 Å². The fourth-order valence-corrected chi connectivity index (χ4v) is 2.12. The molecular formula is C15H14BrFN2O. The predicted octanol–water partition coefficient (Wildman–Crippen LogP) is 2.90. The molecule has 2 aromatic carbocycles. The van der Waals surface area contributed by atoms with Crippen molar-refractivity contribution >= 4 is 21.8 Å². The number of primary amides is 1. The minimum absolute atomic E-state index is 0.284. The number of hydrogen-bond donors (Lipinski definition) is 2. The van der Waals surface area contributed by atoms with Gasteiger partial charge in [0, 0.05) is 11.0 Å². The quantitative estimate of drug-likeness (QED) is 0.881. The molecule has 1 unspecified atom stereocenters. The second kappa shape index (κ2) is 6.63. The van der Waals surface area contributed by atoms with Gasteiger partial charge in [-0.2, -0.15) is 0 Å². The van der Waals surface area contributed by atoms with Gasteiger partial charge in [-0.15, -0.1) is 0 Å². The Hall–Kier alpha value is -1.72. The van der Waals surface area contributed by atoms with Crippen LogP contribution in [0.15, 0.2) is 53.0 Å². The van der Waals surface area contributed by atoms with Crippen molar-refractivity contribution in [2.45, 2.75) is 12.6 Å². The number of carbonyl (C=O) groups is 1. The molecule has 3 N–H and O–H groups in total. The van der Waals surface area contributed by atoms with Gasteiger partial charge in [0.05, 0.1) is 0 Å². The van der Waals surface area contributed by atoms with Gasteiger partial charge >= 0.3 is 0 Å². The third-order valence-electron chi connectivity index (χ3n) is 2.91. The fraction of sp³-hybridized carbons (Fsp3) is 0.133. The normalized spacial score (nSPS) is 12.1. The number of amides is 1. The van der Waals surface area contributed by atoms with E-state index in [1.807, 2.05) is 24.3 Å². The molecular weight excluding hydrogens is 323 g/mol. The van der Waals surface area contributed by atoms with Crippen LogP contribution in [0.4, 0.5) is 4.39 Å². The number of hydrogen-bond acceptors (Lipinski definition) is 2. The van der Waals surface area contributed by atoms with Crippen LogP contribution in [-0.4, -0.2) is 5.91 Å². The summed E-state index contributed by atoms with van der Waals surface area (Å²) in [5.41, 5.74) is 7.10. The van der Waals surface area contributed by atoms with Gasteiger partial charge in [-0.05, 0) is 35.4 Å². The van der Waals surface area contributed by atoms with E-state index in [0.717, 1.165) is 15.6 Å². The van der Waals surface area contributed by atoms with Crippen LogP contribution >= 0.6 is 15.9 Å². The lowest BCUT2D eigenvalue weighted by molar-refractivity contribution is -0.120. The summed E-state index contributed by atoms with van der Waals surface area (Å²) in [5.74, 6) is -0.734. The van der Waals surface area contributed by atoms with Crippen LogP contribution in [0, 0.1) is 5.82 Å². The first kappa shape index (κ1) is 14.7. The van der Waals surface area contributed by atoms with Crippen molar-refractivity contribution < 1.29 is 9.18 Å². The van der Waals surface area contributed by atoms with Gasteiger partial charge in [-0.3, -0.25) is 10.1 Å². The zero-order valence-electron chi connectivity index (χ0n) is 10.6. The Morgan fingerprint density at radius 1 is 1.15 bits per heavy atom. The lowest BCUT2D eigenvalue weighted by atomic mass is 10.1. The molecule has 3 nitrogen and oxygen atoms in total. The average Bonchev–Trinajstić information content (AvgIpc) is 2.43. The maximum atomic E-state index is 12.8. The van der Waals surface area contributed by atoms with Gasteiger partial charge in [-0.25, -0.2) is 4.39 Å². The van der Waals surface area contributed by atoms with Gasteiger partial charge in [0.1, 0.15) is 11.9 Å². The van der Waals surface area contributed by atoms with E-state index in [-0.39, 0.29) is 5.82 Å². The minimum atomic E-state index is -0.576. The van der Waals surface area contributed by atoms with Gasteiger partial charge in [0.25, 0.3) is 0 Å². The second-order valence-electron chi connectivity index (χ2n) is 4.39. The van der Waals surface area contributed by atoms with E-state index in [2.05, 4.69) is 21.2 Å². The third-order valence-corrected chi connectivity index (χ3v) is 3.44. The van der Waals surface area contributed by atoms with Crippen molar-refractivity contribution in [2.24, 2.45) is 5.73 Å². The minimum Gasteiger partial charge on any atom is -0.368 e. The SMILES string of the molecule is NC(=O)C(NCc1ccc(F)cc1)c1ccc(Br)cc1. The molecule has 5 heteroatoms. The average molecular weight is 337 g/mol. The summed E-state index contributed by atoms with van der Waals surface area (Å²) in [7, 11) is 0. The second-order valence-corrected chi connectivity index (χ2v) is 5.31. The molecule has 0 aromatic heterocycles. The monoisotopic (exact) mass is 336 g/mol. The maximum Gasteiger partial charge on any atom is 0.239 e. The summed E-state index contributed by atoms with van der Waals surface area (Å²) in [6, 6.07) is 12.9. The largest absolute Gasteiger partial charge is 0.368 e. The molecule has 0 spiro atoms. The topological polar surface area (TPSA) is 55.1 Å². The number of rotatable bonds is 5. The molecule has 0 bridgehead atoms. The van der Waals surface area contributed by atoms with Crippen LogP contribution in [0.2, 0.25) is 0 Å². The standard InChI is InChI=1S/C15H14BrFN2O/c16-12-5-3-11(4-6-12)14(15(18)20)19-9-10-1-7-13(17)8-2-10/h1-8,14,19H,9H2,(H2,18,20). The number of halogens is 2. The number of benzene rings is 2. The summed E-state index contributed by atoms with van der Waals surface area (Å²) in [4.78, 5) is 11.5. The summed E-state index contributed by atoms with van der Waals surface area (Å²) in [6.07, 6.45) is 0.